The van der Waals surface area contributed by atoms with Gasteiger partial charge in [0.1, 0.15) is 0 Å². The van der Waals surface area contributed by atoms with Crippen molar-refractivity contribution in [3.8, 4) is 0 Å². The molecule has 2 aliphatic rings. The van der Waals surface area contributed by atoms with Crippen LogP contribution in [-0.4, -0.2) is 60.1 Å². The highest BCUT2D eigenvalue weighted by Crippen LogP contribution is 2.21. The van der Waals surface area contributed by atoms with Crippen molar-refractivity contribution >= 4 is 11.8 Å². The summed E-state index contributed by atoms with van der Waals surface area (Å²) in [6, 6.07) is 0.882. The fourth-order valence-electron chi connectivity index (χ4n) is 2.97. The maximum Gasteiger partial charge on any atom is 0.0223 e. The number of rotatable bonds is 4. The molecule has 0 saturated carbocycles. The van der Waals surface area contributed by atoms with E-state index in [9.17, 15) is 0 Å². The van der Waals surface area contributed by atoms with E-state index < -0.39 is 0 Å². The average molecular weight is 242 g/mol. The minimum Gasteiger partial charge on any atom is -0.302 e. The lowest BCUT2D eigenvalue weighted by atomic mass is 10.2. The number of hydrogen-bond acceptors (Lipinski definition) is 3. The molecular formula is C13H26N2S. The van der Waals surface area contributed by atoms with Gasteiger partial charge >= 0.3 is 0 Å². The Morgan fingerprint density at radius 1 is 1.25 bits per heavy atom. The van der Waals surface area contributed by atoms with Gasteiger partial charge < -0.3 is 4.90 Å². The van der Waals surface area contributed by atoms with Gasteiger partial charge in [0.2, 0.25) is 0 Å². The Morgan fingerprint density at radius 3 is 2.88 bits per heavy atom. The van der Waals surface area contributed by atoms with Crippen LogP contribution in [0, 0.1) is 0 Å². The Kier molecular flexibility index (Phi) is 4.98. The van der Waals surface area contributed by atoms with Crippen LogP contribution < -0.4 is 0 Å². The second-order valence-electron chi connectivity index (χ2n) is 5.32. The molecule has 2 atom stereocenters. The van der Waals surface area contributed by atoms with Crippen LogP contribution >= 0.6 is 11.8 Å². The second kappa shape index (κ2) is 6.27. The molecule has 2 nitrogen and oxygen atoms in total. The van der Waals surface area contributed by atoms with Gasteiger partial charge in [0.15, 0.2) is 0 Å². The van der Waals surface area contributed by atoms with E-state index in [2.05, 4.69) is 23.0 Å². The first-order chi connectivity index (χ1) is 7.79. The lowest BCUT2D eigenvalue weighted by Crippen LogP contribution is -2.37. The summed E-state index contributed by atoms with van der Waals surface area (Å²) in [6.07, 6.45) is 7.83. The van der Waals surface area contributed by atoms with Gasteiger partial charge in [-0.25, -0.2) is 0 Å². The van der Waals surface area contributed by atoms with E-state index in [4.69, 9.17) is 0 Å². The highest BCUT2D eigenvalue weighted by Gasteiger charge is 2.28. The summed E-state index contributed by atoms with van der Waals surface area (Å²) in [6.45, 7) is 9.03. The van der Waals surface area contributed by atoms with Crippen molar-refractivity contribution in [3.05, 3.63) is 0 Å². The molecular weight excluding hydrogens is 216 g/mol. The van der Waals surface area contributed by atoms with Crippen LogP contribution in [0.25, 0.3) is 0 Å². The first-order valence-corrected chi connectivity index (χ1v) is 8.07. The third-order valence-electron chi connectivity index (χ3n) is 4.14. The first kappa shape index (κ1) is 12.7. The molecule has 2 aliphatic heterocycles. The summed E-state index contributed by atoms with van der Waals surface area (Å²) in [5.41, 5.74) is 0. The minimum atomic E-state index is 0.822. The molecule has 2 fully saturated rings. The normalized spacial score (nSPS) is 30.0. The van der Waals surface area contributed by atoms with E-state index in [1.54, 1.807) is 0 Å². The molecule has 0 bridgehead atoms. The van der Waals surface area contributed by atoms with E-state index in [1.807, 2.05) is 11.8 Å². The van der Waals surface area contributed by atoms with Crippen molar-refractivity contribution in [1.29, 1.82) is 0 Å². The number of thioether (sulfide) groups is 1. The van der Waals surface area contributed by atoms with Crippen molar-refractivity contribution in [2.45, 2.75) is 43.9 Å². The molecule has 0 radical (unpaired) electrons. The number of fused-ring (bicyclic) bond motifs is 1. The zero-order valence-electron chi connectivity index (χ0n) is 10.8. The summed E-state index contributed by atoms with van der Waals surface area (Å²) in [4.78, 5) is 5.43. The van der Waals surface area contributed by atoms with E-state index in [-0.39, 0.29) is 0 Å². The summed E-state index contributed by atoms with van der Waals surface area (Å²) >= 11 is 2.00. The van der Waals surface area contributed by atoms with E-state index in [0.29, 0.717) is 0 Å². The van der Waals surface area contributed by atoms with Crippen LogP contribution in [0.2, 0.25) is 0 Å². The van der Waals surface area contributed by atoms with Crippen LogP contribution in [0.3, 0.4) is 0 Å². The molecule has 2 saturated heterocycles. The Labute approximate surface area is 105 Å². The zero-order chi connectivity index (χ0) is 11.4. The predicted molar refractivity (Wildman–Crippen MR) is 73.2 cm³/mol. The minimum absolute atomic E-state index is 0.822. The van der Waals surface area contributed by atoms with E-state index in [0.717, 1.165) is 11.3 Å². The van der Waals surface area contributed by atoms with Crippen molar-refractivity contribution in [2.75, 3.05) is 39.0 Å². The van der Waals surface area contributed by atoms with Crippen LogP contribution in [0.4, 0.5) is 0 Å². The van der Waals surface area contributed by atoms with Gasteiger partial charge in [-0.15, -0.1) is 0 Å². The molecule has 0 aromatic heterocycles. The first-order valence-electron chi connectivity index (χ1n) is 6.79. The molecule has 0 aromatic rings. The molecule has 0 N–H and O–H groups in total. The topological polar surface area (TPSA) is 6.48 Å². The Hall–Kier alpha value is 0.270. The van der Waals surface area contributed by atoms with Crippen LogP contribution in [-0.2, 0) is 0 Å². The predicted octanol–water partition coefficient (Wildman–Crippen LogP) is 2.30. The fraction of sp³-hybridized carbons (Fsp3) is 1.00. The van der Waals surface area contributed by atoms with Crippen molar-refractivity contribution < 1.29 is 0 Å². The molecule has 0 amide bonds. The lowest BCUT2D eigenvalue weighted by molar-refractivity contribution is 0.219. The summed E-state index contributed by atoms with van der Waals surface area (Å²) in [5.74, 6) is 0. The number of hydrogen-bond donors (Lipinski definition) is 0. The zero-order valence-corrected chi connectivity index (χ0v) is 11.6. The van der Waals surface area contributed by atoms with Gasteiger partial charge in [0.05, 0.1) is 0 Å². The smallest absolute Gasteiger partial charge is 0.0223 e. The Balaban J connectivity index is 1.77. The van der Waals surface area contributed by atoms with Gasteiger partial charge in [-0.3, -0.25) is 4.90 Å². The molecule has 94 valence electrons. The standard InChI is InChI=1S/C13H26N2S/c1-12(16-2)6-10-14-7-4-9-15-8-3-5-13(15)11-14/h12-13H,3-11H2,1-2H3. The molecule has 0 spiro atoms. The number of nitrogens with zero attached hydrogens (tertiary/aromatic N) is 2. The molecule has 0 aliphatic carbocycles. The third-order valence-corrected chi connectivity index (χ3v) is 5.18. The van der Waals surface area contributed by atoms with Crippen molar-refractivity contribution in [2.24, 2.45) is 0 Å². The average Bonchev–Trinajstić information content (AvgIpc) is 2.64. The van der Waals surface area contributed by atoms with Crippen LogP contribution in [0.1, 0.15) is 32.6 Å². The van der Waals surface area contributed by atoms with Crippen molar-refractivity contribution in [1.82, 2.24) is 9.80 Å². The van der Waals surface area contributed by atoms with Gasteiger partial charge in [-0.05, 0) is 58.1 Å². The van der Waals surface area contributed by atoms with E-state index >= 15 is 0 Å². The maximum absolute atomic E-state index is 2.72. The Morgan fingerprint density at radius 2 is 2.06 bits per heavy atom. The Bertz CT molecular complexity index is 210. The molecule has 2 rings (SSSR count). The molecule has 2 heterocycles. The van der Waals surface area contributed by atoms with Gasteiger partial charge in [-0.2, -0.15) is 11.8 Å². The van der Waals surface area contributed by atoms with Crippen LogP contribution in [0.15, 0.2) is 0 Å². The third kappa shape index (κ3) is 3.38. The van der Waals surface area contributed by atoms with Crippen molar-refractivity contribution in [3.63, 3.8) is 0 Å². The molecule has 3 heteroatoms. The molecule has 16 heavy (non-hydrogen) atoms. The lowest BCUT2D eigenvalue weighted by Gasteiger charge is -2.26. The highest BCUT2D eigenvalue weighted by atomic mass is 32.2. The van der Waals surface area contributed by atoms with E-state index in [1.165, 1.54) is 58.4 Å². The maximum atomic E-state index is 2.72. The molecule has 2 unspecified atom stereocenters. The van der Waals surface area contributed by atoms with Gasteiger partial charge in [0.25, 0.3) is 0 Å². The summed E-state index contributed by atoms with van der Waals surface area (Å²) in [7, 11) is 0. The highest BCUT2D eigenvalue weighted by molar-refractivity contribution is 7.99. The van der Waals surface area contributed by atoms with Gasteiger partial charge in [-0.1, -0.05) is 6.92 Å². The van der Waals surface area contributed by atoms with Gasteiger partial charge in [0, 0.05) is 17.8 Å². The fourth-order valence-corrected chi connectivity index (χ4v) is 3.31. The quantitative estimate of drug-likeness (QED) is 0.747. The molecule has 0 aromatic carbocycles. The summed E-state index contributed by atoms with van der Waals surface area (Å²) < 4.78 is 0. The summed E-state index contributed by atoms with van der Waals surface area (Å²) in [5, 5.41) is 0.822. The monoisotopic (exact) mass is 242 g/mol. The largest absolute Gasteiger partial charge is 0.302 e. The SMILES string of the molecule is CSC(C)CCN1CCCN2CCCC2C1. The second-order valence-corrected chi connectivity index (χ2v) is 6.60. The van der Waals surface area contributed by atoms with Crippen LogP contribution in [0.5, 0.6) is 0 Å².